The Hall–Kier alpha value is -3.74. The van der Waals surface area contributed by atoms with Gasteiger partial charge in [-0.15, -0.1) is 0 Å². The van der Waals surface area contributed by atoms with Crippen molar-refractivity contribution in [2.24, 2.45) is 0 Å². The molecule has 0 aliphatic heterocycles. The SMILES string of the molecule is COc1cc(CCC(=O)OC(C)C(=O)Nc2cccc3ccccc23)cc(OC)c1OC. The van der Waals surface area contributed by atoms with Crippen molar-refractivity contribution in [1.29, 1.82) is 0 Å². The fourth-order valence-corrected chi connectivity index (χ4v) is 3.40. The van der Waals surface area contributed by atoms with Crippen molar-refractivity contribution < 1.29 is 28.5 Å². The van der Waals surface area contributed by atoms with Gasteiger partial charge in [-0.3, -0.25) is 9.59 Å². The first kappa shape index (κ1) is 22.9. The van der Waals surface area contributed by atoms with Crippen molar-refractivity contribution in [2.75, 3.05) is 26.6 Å². The highest BCUT2D eigenvalue weighted by Crippen LogP contribution is 2.38. The van der Waals surface area contributed by atoms with Crippen LogP contribution >= 0.6 is 0 Å². The summed E-state index contributed by atoms with van der Waals surface area (Å²) in [6, 6.07) is 17.0. The summed E-state index contributed by atoms with van der Waals surface area (Å²) in [6.07, 6.45) is -0.431. The van der Waals surface area contributed by atoms with Crippen LogP contribution in [0.4, 0.5) is 5.69 Å². The molecule has 0 fully saturated rings. The van der Waals surface area contributed by atoms with Crippen LogP contribution in [-0.4, -0.2) is 39.3 Å². The van der Waals surface area contributed by atoms with Gasteiger partial charge in [-0.1, -0.05) is 36.4 Å². The van der Waals surface area contributed by atoms with Crippen LogP contribution in [0.3, 0.4) is 0 Å². The molecule has 1 unspecified atom stereocenters. The lowest BCUT2D eigenvalue weighted by Gasteiger charge is -2.16. The van der Waals surface area contributed by atoms with Gasteiger partial charge in [-0.25, -0.2) is 0 Å². The zero-order valence-electron chi connectivity index (χ0n) is 18.6. The van der Waals surface area contributed by atoms with Gasteiger partial charge in [-0.2, -0.15) is 0 Å². The number of methoxy groups -OCH3 is 3. The van der Waals surface area contributed by atoms with Crippen LogP contribution in [0.2, 0.25) is 0 Å². The second kappa shape index (κ2) is 10.5. The first-order valence-electron chi connectivity index (χ1n) is 10.2. The molecule has 0 saturated carbocycles. The Morgan fingerprint density at radius 2 is 1.56 bits per heavy atom. The van der Waals surface area contributed by atoms with Gasteiger partial charge in [0.2, 0.25) is 5.75 Å². The molecule has 7 nitrogen and oxygen atoms in total. The number of hydrogen-bond acceptors (Lipinski definition) is 6. The van der Waals surface area contributed by atoms with Crippen LogP contribution in [0.25, 0.3) is 10.8 Å². The number of rotatable bonds is 9. The number of nitrogens with one attached hydrogen (secondary N) is 1. The van der Waals surface area contributed by atoms with Crippen molar-refractivity contribution in [3.05, 3.63) is 60.2 Å². The van der Waals surface area contributed by atoms with E-state index in [1.165, 1.54) is 21.3 Å². The molecule has 0 aliphatic carbocycles. The molecule has 0 heterocycles. The molecule has 32 heavy (non-hydrogen) atoms. The lowest BCUT2D eigenvalue weighted by atomic mass is 10.1. The quantitative estimate of drug-likeness (QED) is 0.501. The predicted octanol–water partition coefficient (Wildman–Crippen LogP) is 4.37. The van der Waals surface area contributed by atoms with Crippen molar-refractivity contribution in [3.63, 3.8) is 0 Å². The van der Waals surface area contributed by atoms with Gasteiger partial charge in [0, 0.05) is 17.5 Å². The van der Waals surface area contributed by atoms with Gasteiger partial charge >= 0.3 is 5.97 Å². The van der Waals surface area contributed by atoms with Gasteiger partial charge < -0.3 is 24.3 Å². The molecular formula is C25H27NO6. The molecule has 0 bridgehead atoms. The number of aryl methyl sites for hydroxylation is 1. The maximum Gasteiger partial charge on any atom is 0.306 e. The zero-order chi connectivity index (χ0) is 23.1. The topological polar surface area (TPSA) is 83.1 Å². The van der Waals surface area contributed by atoms with Crippen LogP contribution in [0.15, 0.2) is 54.6 Å². The van der Waals surface area contributed by atoms with E-state index in [1.54, 1.807) is 19.1 Å². The lowest BCUT2D eigenvalue weighted by Crippen LogP contribution is -2.30. The van der Waals surface area contributed by atoms with E-state index >= 15 is 0 Å². The maximum atomic E-state index is 12.6. The monoisotopic (exact) mass is 437 g/mol. The summed E-state index contributed by atoms with van der Waals surface area (Å²) in [5.74, 6) is 0.651. The van der Waals surface area contributed by atoms with E-state index in [0.717, 1.165) is 16.3 Å². The molecule has 0 aliphatic rings. The summed E-state index contributed by atoms with van der Waals surface area (Å²) < 4.78 is 21.3. The summed E-state index contributed by atoms with van der Waals surface area (Å²) >= 11 is 0. The molecule has 7 heteroatoms. The van der Waals surface area contributed by atoms with Crippen molar-refractivity contribution in [1.82, 2.24) is 0 Å². The summed E-state index contributed by atoms with van der Waals surface area (Å²) in [4.78, 5) is 24.9. The van der Waals surface area contributed by atoms with E-state index in [-0.39, 0.29) is 12.3 Å². The maximum absolute atomic E-state index is 12.6. The fraction of sp³-hybridized carbons (Fsp3) is 0.280. The third-order valence-corrected chi connectivity index (χ3v) is 5.07. The zero-order valence-corrected chi connectivity index (χ0v) is 18.6. The number of fused-ring (bicyclic) bond motifs is 1. The Morgan fingerprint density at radius 3 is 2.22 bits per heavy atom. The normalized spacial score (nSPS) is 11.5. The first-order valence-corrected chi connectivity index (χ1v) is 10.2. The lowest BCUT2D eigenvalue weighted by molar-refractivity contribution is -0.153. The second-order valence-electron chi connectivity index (χ2n) is 7.18. The Morgan fingerprint density at radius 1 is 0.906 bits per heavy atom. The van der Waals surface area contributed by atoms with Gasteiger partial charge in [0.1, 0.15) is 0 Å². The fourth-order valence-electron chi connectivity index (χ4n) is 3.40. The summed E-state index contributed by atoms with van der Waals surface area (Å²) in [5.41, 5.74) is 1.50. The molecular weight excluding hydrogens is 410 g/mol. The van der Waals surface area contributed by atoms with Gasteiger partial charge in [0.25, 0.3) is 5.91 Å². The molecule has 0 aromatic heterocycles. The largest absolute Gasteiger partial charge is 0.493 e. The number of carbonyl (C=O) groups is 2. The number of hydrogen-bond donors (Lipinski definition) is 1. The van der Waals surface area contributed by atoms with Crippen LogP contribution in [0.1, 0.15) is 18.9 Å². The number of esters is 1. The Balaban J connectivity index is 1.59. The van der Waals surface area contributed by atoms with Crippen molar-refractivity contribution in [3.8, 4) is 17.2 Å². The van der Waals surface area contributed by atoms with Gasteiger partial charge in [-0.05, 0) is 42.5 Å². The highest BCUT2D eigenvalue weighted by Gasteiger charge is 2.19. The molecule has 168 valence electrons. The summed E-state index contributed by atoms with van der Waals surface area (Å²) in [5, 5.41) is 4.78. The highest BCUT2D eigenvalue weighted by molar-refractivity contribution is 6.03. The third-order valence-electron chi connectivity index (χ3n) is 5.07. The van der Waals surface area contributed by atoms with Crippen molar-refractivity contribution >= 4 is 28.3 Å². The van der Waals surface area contributed by atoms with E-state index in [2.05, 4.69) is 5.32 Å². The molecule has 3 aromatic carbocycles. The first-order chi connectivity index (χ1) is 15.5. The Kier molecular flexibility index (Phi) is 7.54. The minimum Gasteiger partial charge on any atom is -0.493 e. The van der Waals surface area contributed by atoms with E-state index in [4.69, 9.17) is 18.9 Å². The average molecular weight is 437 g/mol. The number of benzene rings is 3. The Bertz CT molecular complexity index is 1080. The predicted molar refractivity (Wildman–Crippen MR) is 123 cm³/mol. The molecule has 0 radical (unpaired) electrons. The molecule has 0 saturated heterocycles. The van der Waals surface area contributed by atoms with Crippen LogP contribution in [-0.2, 0) is 20.7 Å². The van der Waals surface area contributed by atoms with E-state index in [9.17, 15) is 9.59 Å². The average Bonchev–Trinajstić information content (AvgIpc) is 2.82. The molecule has 3 rings (SSSR count). The molecule has 0 spiro atoms. The smallest absolute Gasteiger partial charge is 0.306 e. The minimum absolute atomic E-state index is 0.102. The highest BCUT2D eigenvalue weighted by atomic mass is 16.5. The number of anilines is 1. The number of carbonyl (C=O) groups excluding carboxylic acids is 2. The van der Waals surface area contributed by atoms with Crippen LogP contribution in [0.5, 0.6) is 17.2 Å². The van der Waals surface area contributed by atoms with Crippen LogP contribution < -0.4 is 19.5 Å². The van der Waals surface area contributed by atoms with Gasteiger partial charge in [0.15, 0.2) is 17.6 Å². The molecule has 1 atom stereocenters. The summed E-state index contributed by atoms with van der Waals surface area (Å²) in [7, 11) is 4.60. The van der Waals surface area contributed by atoms with E-state index < -0.39 is 12.1 Å². The van der Waals surface area contributed by atoms with E-state index in [1.807, 2.05) is 42.5 Å². The van der Waals surface area contributed by atoms with Gasteiger partial charge in [0.05, 0.1) is 21.3 Å². The second-order valence-corrected chi connectivity index (χ2v) is 7.18. The van der Waals surface area contributed by atoms with Crippen LogP contribution in [0, 0.1) is 0 Å². The van der Waals surface area contributed by atoms with Crippen molar-refractivity contribution in [2.45, 2.75) is 25.9 Å². The molecule has 1 N–H and O–H groups in total. The summed E-state index contributed by atoms with van der Waals surface area (Å²) in [6.45, 7) is 1.55. The minimum atomic E-state index is -0.929. The third kappa shape index (κ3) is 5.29. The standard InChI is InChI=1S/C25H27NO6/c1-16(25(28)26-20-11-7-9-18-8-5-6-10-19(18)20)32-23(27)13-12-17-14-21(29-2)24(31-4)22(15-17)30-3/h5-11,14-16H,12-13H2,1-4H3,(H,26,28). The number of ether oxygens (including phenoxy) is 4. The Labute approximate surface area is 187 Å². The molecule has 3 aromatic rings. The number of amides is 1. The molecule has 1 amide bonds. The van der Waals surface area contributed by atoms with E-state index in [0.29, 0.717) is 29.4 Å².